The molecule has 160 valence electrons. The Kier molecular flexibility index (Phi) is 5.96. The van der Waals surface area contributed by atoms with Gasteiger partial charge >= 0.3 is 0 Å². The number of benzene rings is 2. The van der Waals surface area contributed by atoms with E-state index in [2.05, 4.69) is 6.92 Å². The molecule has 2 aromatic rings. The van der Waals surface area contributed by atoms with Crippen LogP contribution in [0.5, 0.6) is 5.75 Å². The summed E-state index contributed by atoms with van der Waals surface area (Å²) in [6.07, 6.45) is 4.20. The van der Waals surface area contributed by atoms with Gasteiger partial charge in [0.05, 0.1) is 11.7 Å². The Labute approximate surface area is 177 Å². The Hall–Kier alpha value is -2.21. The number of rotatable bonds is 5. The van der Waals surface area contributed by atoms with Crippen LogP contribution in [0.15, 0.2) is 54.6 Å². The maximum atomic E-state index is 13.8. The lowest BCUT2D eigenvalue weighted by molar-refractivity contribution is -0.292. The minimum Gasteiger partial charge on any atom is -0.462 e. The number of ether oxygens (including phenoxy) is 2. The predicted octanol–water partition coefficient (Wildman–Crippen LogP) is 4.63. The van der Waals surface area contributed by atoms with Gasteiger partial charge in [0.15, 0.2) is 0 Å². The molecule has 0 radical (unpaired) electrons. The zero-order chi connectivity index (χ0) is 21.3. The smallest absolute Gasteiger partial charge is 0.229 e. The Morgan fingerprint density at radius 2 is 1.87 bits per heavy atom. The Balaban J connectivity index is 1.63. The lowest BCUT2D eigenvalue weighted by atomic mass is 9.78. The molecule has 30 heavy (non-hydrogen) atoms. The van der Waals surface area contributed by atoms with E-state index in [-0.39, 0.29) is 11.7 Å². The average Bonchev–Trinajstić information content (AvgIpc) is 3.21. The fraction of sp³-hybridized carbons (Fsp3) is 0.440. The van der Waals surface area contributed by atoms with Gasteiger partial charge in [-0.2, -0.15) is 0 Å². The van der Waals surface area contributed by atoms with Crippen molar-refractivity contribution in [2.75, 3.05) is 0 Å². The summed E-state index contributed by atoms with van der Waals surface area (Å²) in [5.74, 6) is 0.0123. The lowest BCUT2D eigenvalue weighted by Crippen LogP contribution is -2.60. The predicted molar refractivity (Wildman–Crippen MR) is 114 cm³/mol. The van der Waals surface area contributed by atoms with Gasteiger partial charge in [0, 0.05) is 5.92 Å². The standard InChI is InChI=1S/C25H29FO4/c1-3-7-17-10-11-20(15-21(17)18-8-6-9-19(26)14-18)29-24-23(28)22(27)16(2)25(30-24)12-4-5-13-25/h4-6,8-11,14-16,22-24,27-28H,3,7,12-13H2,1-2H3/t16-,22-,23-,24-/m1/s1. The molecule has 0 saturated carbocycles. The minimum atomic E-state index is -1.15. The largest absolute Gasteiger partial charge is 0.462 e. The van der Waals surface area contributed by atoms with Crippen molar-refractivity contribution < 1.29 is 24.1 Å². The van der Waals surface area contributed by atoms with Crippen molar-refractivity contribution in [2.24, 2.45) is 5.92 Å². The van der Waals surface area contributed by atoms with Gasteiger partial charge in [0.1, 0.15) is 17.7 Å². The summed E-state index contributed by atoms with van der Waals surface area (Å²) in [4.78, 5) is 0. The van der Waals surface area contributed by atoms with Crippen LogP contribution in [0, 0.1) is 11.7 Å². The number of hydrogen-bond acceptors (Lipinski definition) is 4. The van der Waals surface area contributed by atoms with Crippen molar-refractivity contribution in [2.45, 2.75) is 63.6 Å². The maximum Gasteiger partial charge on any atom is 0.229 e. The first kappa shape index (κ1) is 21.0. The molecular weight excluding hydrogens is 383 g/mol. The highest BCUT2D eigenvalue weighted by Gasteiger charge is 2.52. The molecule has 0 aromatic heterocycles. The quantitative estimate of drug-likeness (QED) is 0.703. The summed E-state index contributed by atoms with van der Waals surface area (Å²) in [5, 5.41) is 21.2. The molecule has 1 spiro atoms. The lowest BCUT2D eigenvalue weighted by Gasteiger charge is -2.48. The maximum absolute atomic E-state index is 13.8. The summed E-state index contributed by atoms with van der Waals surface area (Å²) in [7, 11) is 0. The van der Waals surface area contributed by atoms with Gasteiger partial charge in [-0.25, -0.2) is 4.39 Å². The highest BCUT2D eigenvalue weighted by molar-refractivity contribution is 5.69. The van der Waals surface area contributed by atoms with E-state index in [1.165, 1.54) is 12.1 Å². The van der Waals surface area contributed by atoms with Gasteiger partial charge in [0.2, 0.25) is 6.29 Å². The van der Waals surface area contributed by atoms with Crippen LogP contribution in [-0.2, 0) is 11.2 Å². The monoisotopic (exact) mass is 412 g/mol. The van der Waals surface area contributed by atoms with E-state index in [9.17, 15) is 14.6 Å². The van der Waals surface area contributed by atoms with E-state index in [1.807, 2.05) is 43.3 Å². The molecule has 0 amide bonds. The summed E-state index contributed by atoms with van der Waals surface area (Å²) >= 11 is 0. The average molecular weight is 413 g/mol. The van der Waals surface area contributed by atoms with Crippen LogP contribution in [0.4, 0.5) is 4.39 Å². The fourth-order valence-corrected chi connectivity index (χ4v) is 4.56. The molecule has 1 aliphatic heterocycles. The summed E-state index contributed by atoms with van der Waals surface area (Å²) < 4.78 is 26.1. The molecular formula is C25H29FO4. The zero-order valence-electron chi connectivity index (χ0n) is 17.4. The molecule has 2 N–H and O–H groups in total. The Morgan fingerprint density at radius 1 is 1.10 bits per heavy atom. The number of aliphatic hydroxyl groups excluding tert-OH is 2. The highest BCUT2D eigenvalue weighted by atomic mass is 19.1. The van der Waals surface area contributed by atoms with Crippen LogP contribution in [0.2, 0.25) is 0 Å². The third-order valence-electron chi connectivity index (χ3n) is 6.40. The van der Waals surface area contributed by atoms with Crippen molar-refractivity contribution in [3.63, 3.8) is 0 Å². The van der Waals surface area contributed by atoms with Gasteiger partial charge in [-0.15, -0.1) is 0 Å². The van der Waals surface area contributed by atoms with Crippen LogP contribution in [0.3, 0.4) is 0 Å². The number of hydrogen-bond donors (Lipinski definition) is 2. The van der Waals surface area contributed by atoms with E-state index in [1.54, 1.807) is 6.07 Å². The van der Waals surface area contributed by atoms with Gasteiger partial charge in [-0.1, -0.05) is 50.6 Å². The van der Waals surface area contributed by atoms with Crippen LogP contribution in [0.25, 0.3) is 11.1 Å². The molecule has 4 rings (SSSR count). The van der Waals surface area contributed by atoms with Gasteiger partial charge in [0.25, 0.3) is 0 Å². The van der Waals surface area contributed by atoms with Crippen molar-refractivity contribution in [3.8, 4) is 16.9 Å². The normalized spacial score (nSPS) is 27.5. The summed E-state index contributed by atoms with van der Waals surface area (Å²) in [6, 6.07) is 12.2. The molecule has 1 aliphatic carbocycles. The third kappa shape index (κ3) is 3.89. The first-order valence-electron chi connectivity index (χ1n) is 10.7. The van der Waals surface area contributed by atoms with Crippen LogP contribution < -0.4 is 4.74 Å². The molecule has 4 atom stereocenters. The van der Waals surface area contributed by atoms with E-state index < -0.39 is 24.1 Å². The Morgan fingerprint density at radius 3 is 2.57 bits per heavy atom. The molecule has 0 bridgehead atoms. The first-order chi connectivity index (χ1) is 14.4. The van der Waals surface area contributed by atoms with E-state index in [4.69, 9.17) is 9.47 Å². The summed E-state index contributed by atoms with van der Waals surface area (Å²) in [6.45, 7) is 4.00. The number of aliphatic hydroxyl groups is 2. The van der Waals surface area contributed by atoms with Crippen LogP contribution in [-0.4, -0.2) is 34.3 Å². The molecule has 2 aromatic carbocycles. The van der Waals surface area contributed by atoms with Crippen molar-refractivity contribution in [1.29, 1.82) is 0 Å². The number of aryl methyl sites for hydroxylation is 1. The third-order valence-corrected chi connectivity index (χ3v) is 6.40. The van der Waals surface area contributed by atoms with Gasteiger partial charge in [-0.3, -0.25) is 0 Å². The second-order valence-electron chi connectivity index (χ2n) is 8.40. The minimum absolute atomic E-state index is 0.211. The molecule has 0 unspecified atom stereocenters. The second-order valence-corrected chi connectivity index (χ2v) is 8.40. The molecule has 1 heterocycles. The SMILES string of the molecule is CCCc1ccc(O[C@@H]2OC3(CC=CC3)[C@H](C)[C@@H](O)[C@H]2O)cc1-c1cccc(F)c1. The topological polar surface area (TPSA) is 58.9 Å². The van der Waals surface area contributed by atoms with Crippen LogP contribution in [0.1, 0.15) is 38.7 Å². The van der Waals surface area contributed by atoms with E-state index in [0.717, 1.165) is 29.5 Å². The fourth-order valence-electron chi connectivity index (χ4n) is 4.56. The van der Waals surface area contributed by atoms with Gasteiger partial charge < -0.3 is 19.7 Å². The molecule has 1 fully saturated rings. The van der Waals surface area contributed by atoms with Gasteiger partial charge in [-0.05, 0) is 60.2 Å². The zero-order valence-corrected chi connectivity index (χ0v) is 17.4. The molecule has 5 heteroatoms. The first-order valence-corrected chi connectivity index (χ1v) is 10.7. The van der Waals surface area contributed by atoms with Crippen molar-refractivity contribution in [3.05, 3.63) is 66.0 Å². The molecule has 2 aliphatic rings. The van der Waals surface area contributed by atoms with Crippen LogP contribution >= 0.6 is 0 Å². The molecule has 1 saturated heterocycles. The van der Waals surface area contributed by atoms with E-state index in [0.29, 0.717) is 18.6 Å². The number of halogens is 1. The molecule has 4 nitrogen and oxygen atoms in total. The van der Waals surface area contributed by atoms with Crippen molar-refractivity contribution in [1.82, 2.24) is 0 Å². The second kappa shape index (κ2) is 8.50. The summed E-state index contributed by atoms with van der Waals surface area (Å²) in [5.41, 5.74) is 2.21. The van der Waals surface area contributed by atoms with Crippen molar-refractivity contribution >= 4 is 0 Å². The van der Waals surface area contributed by atoms with E-state index >= 15 is 0 Å². The highest BCUT2D eigenvalue weighted by Crippen LogP contribution is 2.43. The Bertz CT molecular complexity index is 917.